The van der Waals surface area contributed by atoms with Crippen LogP contribution in [-0.2, 0) is 0 Å². The van der Waals surface area contributed by atoms with Crippen molar-refractivity contribution < 1.29 is 13.9 Å². The van der Waals surface area contributed by atoms with Gasteiger partial charge in [0.15, 0.2) is 11.5 Å². The van der Waals surface area contributed by atoms with Crippen LogP contribution in [0.25, 0.3) is 11.5 Å². The van der Waals surface area contributed by atoms with E-state index in [1.54, 1.807) is 24.5 Å². The van der Waals surface area contributed by atoms with Gasteiger partial charge < -0.3 is 14.5 Å². The Morgan fingerprint density at radius 2 is 2.22 bits per heavy atom. The second kappa shape index (κ2) is 6.39. The van der Waals surface area contributed by atoms with Crippen molar-refractivity contribution in [3.05, 3.63) is 53.9 Å². The molecule has 0 spiro atoms. The molecule has 0 unspecified atom stereocenters. The number of rotatable bonds is 5. The molecule has 1 aromatic carbocycles. The van der Waals surface area contributed by atoms with E-state index < -0.39 is 0 Å². The minimum atomic E-state index is -0.316. The number of amides is 1. The highest BCUT2D eigenvalue weighted by molar-refractivity contribution is 6.04. The molecule has 6 nitrogen and oxygen atoms in total. The zero-order valence-electron chi connectivity index (χ0n) is 12.9. The van der Waals surface area contributed by atoms with E-state index in [0.717, 1.165) is 5.56 Å². The summed E-state index contributed by atoms with van der Waals surface area (Å²) in [6, 6.07) is 10.8. The van der Waals surface area contributed by atoms with Gasteiger partial charge in [0.2, 0.25) is 0 Å². The van der Waals surface area contributed by atoms with Crippen LogP contribution >= 0.6 is 0 Å². The molecule has 0 bridgehead atoms. The van der Waals surface area contributed by atoms with Gasteiger partial charge in [-0.25, -0.2) is 0 Å². The molecule has 0 fully saturated rings. The Hall–Kier alpha value is -3.02. The molecule has 0 aliphatic heterocycles. The third-order valence-electron chi connectivity index (χ3n) is 3.28. The summed E-state index contributed by atoms with van der Waals surface area (Å²) in [6.07, 6.45) is 1.57. The number of anilines is 1. The van der Waals surface area contributed by atoms with Gasteiger partial charge in [-0.1, -0.05) is 6.07 Å². The van der Waals surface area contributed by atoms with E-state index in [0.29, 0.717) is 29.5 Å². The Balaban J connectivity index is 1.80. The molecular weight excluding hydrogens is 294 g/mol. The van der Waals surface area contributed by atoms with Crippen molar-refractivity contribution in [1.29, 1.82) is 0 Å². The topological polar surface area (TPSA) is 80.1 Å². The van der Waals surface area contributed by atoms with Gasteiger partial charge in [-0.15, -0.1) is 0 Å². The Morgan fingerprint density at radius 1 is 1.35 bits per heavy atom. The summed E-state index contributed by atoms with van der Waals surface area (Å²) in [5.41, 5.74) is 2.60. The number of carbonyl (C=O) groups is 1. The minimum Gasteiger partial charge on any atom is -0.492 e. The van der Waals surface area contributed by atoms with Crippen molar-refractivity contribution in [2.24, 2.45) is 0 Å². The van der Waals surface area contributed by atoms with E-state index in [1.807, 2.05) is 32.0 Å². The Kier molecular flexibility index (Phi) is 4.14. The van der Waals surface area contributed by atoms with E-state index in [2.05, 4.69) is 15.5 Å². The minimum absolute atomic E-state index is 0.277. The van der Waals surface area contributed by atoms with Crippen molar-refractivity contribution in [3.8, 4) is 17.2 Å². The first-order valence-corrected chi connectivity index (χ1v) is 7.31. The van der Waals surface area contributed by atoms with E-state index in [-0.39, 0.29) is 11.6 Å². The number of nitrogens with one attached hydrogen (secondary N) is 2. The van der Waals surface area contributed by atoms with Crippen LogP contribution in [0.15, 0.2) is 47.1 Å². The van der Waals surface area contributed by atoms with Gasteiger partial charge in [0.05, 0.1) is 18.6 Å². The number of hydrogen-bond acceptors (Lipinski definition) is 4. The third kappa shape index (κ3) is 3.26. The lowest BCUT2D eigenvalue weighted by atomic mass is 10.2. The number of aromatic nitrogens is 2. The van der Waals surface area contributed by atoms with Gasteiger partial charge >= 0.3 is 0 Å². The number of aromatic amines is 1. The molecule has 0 atom stereocenters. The largest absolute Gasteiger partial charge is 0.492 e. The SMILES string of the molecule is CCOc1cc(C)ccc1NC(=O)c1cc(-c2ccco2)[nH]n1. The average Bonchev–Trinajstić information content (AvgIpc) is 3.20. The van der Waals surface area contributed by atoms with Gasteiger partial charge in [-0.05, 0) is 43.7 Å². The lowest BCUT2D eigenvalue weighted by molar-refractivity contribution is 0.102. The quantitative estimate of drug-likeness (QED) is 0.754. The van der Waals surface area contributed by atoms with Crippen LogP contribution in [0, 0.1) is 6.92 Å². The summed E-state index contributed by atoms with van der Waals surface area (Å²) in [4.78, 5) is 12.4. The Bertz CT molecular complexity index is 806. The van der Waals surface area contributed by atoms with Crippen LogP contribution in [0.1, 0.15) is 23.0 Å². The number of H-pyrrole nitrogens is 1. The number of furan rings is 1. The summed E-state index contributed by atoms with van der Waals surface area (Å²) in [7, 11) is 0. The van der Waals surface area contributed by atoms with Crippen LogP contribution in [-0.4, -0.2) is 22.7 Å². The van der Waals surface area contributed by atoms with Crippen molar-refractivity contribution >= 4 is 11.6 Å². The molecule has 2 heterocycles. The highest BCUT2D eigenvalue weighted by Gasteiger charge is 2.15. The lowest BCUT2D eigenvalue weighted by Gasteiger charge is -2.11. The first-order valence-electron chi connectivity index (χ1n) is 7.31. The standard InChI is InChI=1S/C17H17N3O3/c1-3-22-16-9-11(2)6-7-12(16)18-17(21)14-10-13(19-20-14)15-5-4-8-23-15/h4-10H,3H2,1-2H3,(H,18,21)(H,19,20). The second-order valence-electron chi connectivity index (χ2n) is 5.03. The summed E-state index contributed by atoms with van der Waals surface area (Å²) < 4.78 is 10.8. The maximum absolute atomic E-state index is 12.4. The fourth-order valence-corrected chi connectivity index (χ4v) is 2.19. The number of carbonyl (C=O) groups excluding carboxylic acids is 1. The summed E-state index contributed by atoms with van der Waals surface area (Å²) in [5.74, 6) is 0.952. The predicted molar refractivity (Wildman–Crippen MR) is 86.6 cm³/mol. The average molecular weight is 311 g/mol. The molecule has 0 aliphatic rings. The summed E-state index contributed by atoms with van der Waals surface area (Å²) >= 11 is 0. The Morgan fingerprint density at radius 3 is 2.96 bits per heavy atom. The van der Waals surface area contributed by atoms with Crippen LogP contribution < -0.4 is 10.1 Å². The van der Waals surface area contributed by atoms with Gasteiger partial charge in [0.1, 0.15) is 11.4 Å². The van der Waals surface area contributed by atoms with E-state index >= 15 is 0 Å². The van der Waals surface area contributed by atoms with Gasteiger partial charge in [0.25, 0.3) is 5.91 Å². The highest BCUT2D eigenvalue weighted by Crippen LogP contribution is 2.26. The molecule has 3 rings (SSSR count). The van der Waals surface area contributed by atoms with Crippen molar-refractivity contribution in [2.75, 3.05) is 11.9 Å². The molecule has 0 radical (unpaired) electrons. The van der Waals surface area contributed by atoms with E-state index in [1.165, 1.54) is 0 Å². The molecule has 6 heteroatoms. The monoisotopic (exact) mass is 311 g/mol. The maximum Gasteiger partial charge on any atom is 0.276 e. The number of ether oxygens (including phenoxy) is 1. The smallest absolute Gasteiger partial charge is 0.276 e. The first-order chi connectivity index (χ1) is 11.2. The summed E-state index contributed by atoms with van der Waals surface area (Å²) in [5, 5.41) is 9.63. The van der Waals surface area contributed by atoms with Crippen LogP contribution in [0.5, 0.6) is 5.75 Å². The van der Waals surface area contributed by atoms with E-state index in [9.17, 15) is 4.79 Å². The van der Waals surface area contributed by atoms with Crippen molar-refractivity contribution in [3.63, 3.8) is 0 Å². The molecule has 23 heavy (non-hydrogen) atoms. The lowest BCUT2D eigenvalue weighted by Crippen LogP contribution is -2.13. The Labute approximate surface area is 133 Å². The fraction of sp³-hybridized carbons (Fsp3) is 0.176. The predicted octanol–water partition coefficient (Wildman–Crippen LogP) is 3.63. The number of hydrogen-bond donors (Lipinski definition) is 2. The normalized spacial score (nSPS) is 10.5. The molecule has 0 aliphatic carbocycles. The van der Waals surface area contributed by atoms with E-state index in [4.69, 9.17) is 9.15 Å². The zero-order chi connectivity index (χ0) is 16.2. The molecule has 0 saturated heterocycles. The van der Waals surface area contributed by atoms with Crippen LogP contribution in [0.4, 0.5) is 5.69 Å². The highest BCUT2D eigenvalue weighted by atomic mass is 16.5. The summed E-state index contributed by atoms with van der Waals surface area (Å²) in [6.45, 7) is 4.39. The van der Waals surface area contributed by atoms with Crippen LogP contribution in [0.2, 0.25) is 0 Å². The maximum atomic E-state index is 12.4. The second-order valence-corrected chi connectivity index (χ2v) is 5.03. The van der Waals surface area contributed by atoms with Crippen molar-refractivity contribution in [1.82, 2.24) is 10.2 Å². The first kappa shape index (κ1) is 14.9. The zero-order valence-corrected chi connectivity index (χ0v) is 12.9. The molecule has 2 aromatic heterocycles. The molecular formula is C17H17N3O3. The number of nitrogens with zero attached hydrogens (tertiary/aromatic N) is 1. The number of benzene rings is 1. The fourth-order valence-electron chi connectivity index (χ4n) is 2.19. The van der Waals surface area contributed by atoms with Crippen molar-refractivity contribution in [2.45, 2.75) is 13.8 Å². The van der Waals surface area contributed by atoms with Gasteiger partial charge in [0, 0.05) is 6.07 Å². The molecule has 2 N–H and O–H groups in total. The molecule has 118 valence electrons. The molecule has 0 saturated carbocycles. The number of aryl methyl sites for hydroxylation is 1. The molecule has 1 amide bonds. The molecule has 3 aromatic rings. The van der Waals surface area contributed by atoms with Gasteiger partial charge in [-0.2, -0.15) is 5.10 Å². The van der Waals surface area contributed by atoms with Crippen LogP contribution in [0.3, 0.4) is 0 Å². The third-order valence-corrected chi connectivity index (χ3v) is 3.28. The van der Waals surface area contributed by atoms with Gasteiger partial charge in [-0.3, -0.25) is 9.89 Å².